The predicted octanol–water partition coefficient (Wildman–Crippen LogP) is -2.38. The number of hydrogen-bond donors (Lipinski definition) is 8. The van der Waals surface area contributed by atoms with Crippen molar-refractivity contribution in [3.05, 3.63) is 0 Å². The lowest BCUT2D eigenvalue weighted by Crippen LogP contribution is -2.60. The Bertz CT molecular complexity index is 742. The summed E-state index contributed by atoms with van der Waals surface area (Å²) in [5.41, 5.74) is 5.58. The van der Waals surface area contributed by atoms with Gasteiger partial charge in [-0.15, -0.1) is 0 Å². The number of aliphatic carboxylic acids is 3. The molecule has 0 saturated carbocycles. The number of aliphatic hydroxyl groups is 1. The first kappa shape index (κ1) is 29.7. The Balaban J connectivity index is 5.54. The lowest BCUT2D eigenvalue weighted by molar-refractivity contribution is -0.146. The average molecular weight is 476 g/mol. The van der Waals surface area contributed by atoms with Gasteiger partial charge in [0.1, 0.15) is 12.1 Å². The topological polar surface area (TPSA) is 245 Å². The van der Waals surface area contributed by atoms with Gasteiger partial charge < -0.3 is 42.1 Å². The van der Waals surface area contributed by atoms with E-state index >= 15 is 0 Å². The maximum atomic E-state index is 12.7. The Labute approximate surface area is 189 Å². The molecule has 0 aliphatic heterocycles. The van der Waals surface area contributed by atoms with Crippen molar-refractivity contribution < 1.29 is 49.2 Å². The molecule has 0 aliphatic rings. The summed E-state index contributed by atoms with van der Waals surface area (Å²) in [5.74, 6) is -7.60. The van der Waals surface area contributed by atoms with Crippen LogP contribution in [0, 0.1) is 5.92 Å². The van der Waals surface area contributed by atoms with E-state index < -0.39 is 84.7 Å². The minimum absolute atomic E-state index is 0.254. The third kappa shape index (κ3) is 10.7. The summed E-state index contributed by atoms with van der Waals surface area (Å²) in [6, 6.07) is -5.92. The van der Waals surface area contributed by atoms with Gasteiger partial charge in [0, 0.05) is 6.42 Å². The van der Waals surface area contributed by atoms with Crippen LogP contribution in [0.4, 0.5) is 0 Å². The fourth-order valence-electron chi connectivity index (χ4n) is 2.66. The van der Waals surface area contributed by atoms with Crippen molar-refractivity contribution in [2.75, 3.05) is 0 Å². The Morgan fingerprint density at radius 3 is 1.79 bits per heavy atom. The summed E-state index contributed by atoms with van der Waals surface area (Å²) in [6.07, 6.45) is -2.61. The smallest absolute Gasteiger partial charge is 0.328 e. The van der Waals surface area contributed by atoms with Crippen molar-refractivity contribution in [3.8, 4) is 0 Å². The molecule has 0 spiro atoms. The second kappa shape index (κ2) is 14.0. The summed E-state index contributed by atoms with van der Waals surface area (Å²) >= 11 is 0. The van der Waals surface area contributed by atoms with Gasteiger partial charge in [0.2, 0.25) is 17.7 Å². The second-order valence-electron chi connectivity index (χ2n) is 7.63. The maximum Gasteiger partial charge on any atom is 0.328 e. The Morgan fingerprint density at radius 1 is 0.818 bits per heavy atom. The second-order valence-corrected chi connectivity index (χ2v) is 7.63. The van der Waals surface area contributed by atoms with Gasteiger partial charge in [0.15, 0.2) is 6.04 Å². The van der Waals surface area contributed by atoms with Crippen molar-refractivity contribution in [3.63, 3.8) is 0 Å². The van der Waals surface area contributed by atoms with Crippen molar-refractivity contribution in [1.82, 2.24) is 16.0 Å². The molecular formula is C19H32N4O10. The first-order valence-electron chi connectivity index (χ1n) is 10.2. The number of nitrogens with one attached hydrogen (secondary N) is 3. The first-order chi connectivity index (χ1) is 15.2. The van der Waals surface area contributed by atoms with Crippen molar-refractivity contribution in [2.24, 2.45) is 11.7 Å². The molecule has 0 aromatic rings. The zero-order valence-electron chi connectivity index (χ0n) is 18.6. The van der Waals surface area contributed by atoms with E-state index in [2.05, 4.69) is 16.0 Å². The number of carboxylic acids is 3. The van der Waals surface area contributed by atoms with Gasteiger partial charge >= 0.3 is 17.9 Å². The Hall–Kier alpha value is -3.26. The number of carbonyl (C=O) groups is 6. The molecule has 0 rings (SSSR count). The number of amides is 3. The predicted molar refractivity (Wildman–Crippen MR) is 112 cm³/mol. The number of hydrogen-bond acceptors (Lipinski definition) is 8. The summed E-state index contributed by atoms with van der Waals surface area (Å²) in [4.78, 5) is 70.6. The molecule has 0 radical (unpaired) electrons. The molecule has 3 amide bonds. The van der Waals surface area contributed by atoms with Crippen LogP contribution in [0.1, 0.15) is 46.5 Å². The largest absolute Gasteiger partial charge is 0.481 e. The van der Waals surface area contributed by atoms with Crippen LogP contribution in [0.3, 0.4) is 0 Å². The van der Waals surface area contributed by atoms with Crippen molar-refractivity contribution in [1.29, 1.82) is 0 Å². The molecule has 0 aliphatic carbocycles. The quantitative estimate of drug-likeness (QED) is 0.124. The molecule has 0 aromatic heterocycles. The van der Waals surface area contributed by atoms with Gasteiger partial charge in [-0.1, -0.05) is 20.3 Å². The molecule has 0 saturated heterocycles. The molecular weight excluding hydrogens is 444 g/mol. The minimum Gasteiger partial charge on any atom is -0.481 e. The zero-order chi connectivity index (χ0) is 25.9. The molecule has 0 fully saturated rings. The SMILES string of the molecule is CCC(C)C(NC(=O)C(CC(=O)O)NC(=O)C(N)CCC(=O)O)C(=O)NC(C(=O)O)C(C)O. The molecule has 14 nitrogen and oxygen atoms in total. The maximum absolute atomic E-state index is 12.7. The number of rotatable bonds is 15. The lowest BCUT2D eigenvalue weighted by Gasteiger charge is -2.28. The van der Waals surface area contributed by atoms with Crippen molar-refractivity contribution >= 4 is 35.6 Å². The van der Waals surface area contributed by atoms with Gasteiger partial charge in [-0.05, 0) is 19.3 Å². The highest BCUT2D eigenvalue weighted by molar-refractivity contribution is 5.95. The minimum atomic E-state index is -1.65. The summed E-state index contributed by atoms with van der Waals surface area (Å²) in [6.45, 7) is 4.43. The molecule has 188 valence electrons. The molecule has 6 unspecified atom stereocenters. The highest BCUT2D eigenvalue weighted by Crippen LogP contribution is 2.10. The third-order valence-electron chi connectivity index (χ3n) is 4.86. The molecule has 14 heteroatoms. The van der Waals surface area contributed by atoms with Crippen LogP contribution >= 0.6 is 0 Å². The molecule has 0 aromatic carbocycles. The Kier molecular flexibility index (Phi) is 12.6. The van der Waals surface area contributed by atoms with Gasteiger partial charge in [-0.3, -0.25) is 24.0 Å². The van der Waals surface area contributed by atoms with Gasteiger partial charge in [0.05, 0.1) is 18.6 Å². The van der Waals surface area contributed by atoms with Gasteiger partial charge in [-0.25, -0.2) is 4.79 Å². The van der Waals surface area contributed by atoms with E-state index in [1.807, 2.05) is 0 Å². The van der Waals surface area contributed by atoms with Gasteiger partial charge in [0.25, 0.3) is 0 Å². The van der Waals surface area contributed by atoms with E-state index in [1.54, 1.807) is 13.8 Å². The molecule has 9 N–H and O–H groups in total. The van der Waals surface area contributed by atoms with Gasteiger partial charge in [-0.2, -0.15) is 0 Å². The standard InChI is InChI=1S/C19H32N4O10/c1-4-8(2)14(18(31)23-15(9(3)24)19(32)33)22-17(30)11(7-13(27)28)21-16(29)10(20)5-6-12(25)26/h8-11,14-15,24H,4-7,20H2,1-3H3,(H,21,29)(H,22,30)(H,23,31)(H,25,26)(H,27,28)(H,32,33). The number of carbonyl (C=O) groups excluding carboxylic acids is 3. The molecule has 33 heavy (non-hydrogen) atoms. The highest BCUT2D eigenvalue weighted by Gasteiger charge is 2.34. The van der Waals surface area contributed by atoms with E-state index in [9.17, 15) is 33.9 Å². The number of nitrogens with two attached hydrogens (primary N) is 1. The van der Waals surface area contributed by atoms with Crippen LogP contribution < -0.4 is 21.7 Å². The fraction of sp³-hybridized carbons (Fsp3) is 0.684. The number of aliphatic hydroxyl groups excluding tert-OH is 1. The van der Waals surface area contributed by atoms with Crippen LogP contribution in [0.2, 0.25) is 0 Å². The highest BCUT2D eigenvalue weighted by atomic mass is 16.4. The lowest BCUT2D eigenvalue weighted by atomic mass is 9.97. The summed E-state index contributed by atoms with van der Waals surface area (Å²) < 4.78 is 0. The third-order valence-corrected chi connectivity index (χ3v) is 4.86. The summed E-state index contributed by atoms with van der Waals surface area (Å²) in [7, 11) is 0. The summed E-state index contributed by atoms with van der Waals surface area (Å²) in [5, 5.41) is 43.0. The van der Waals surface area contributed by atoms with E-state index in [1.165, 1.54) is 0 Å². The normalized spacial score (nSPS) is 16.3. The van der Waals surface area contributed by atoms with Crippen LogP contribution in [0.15, 0.2) is 0 Å². The van der Waals surface area contributed by atoms with E-state index in [-0.39, 0.29) is 6.42 Å². The average Bonchev–Trinajstić information content (AvgIpc) is 2.71. The van der Waals surface area contributed by atoms with E-state index in [0.717, 1.165) is 6.92 Å². The molecule has 6 atom stereocenters. The van der Waals surface area contributed by atoms with E-state index in [4.69, 9.17) is 21.1 Å². The zero-order valence-corrected chi connectivity index (χ0v) is 18.6. The fourth-order valence-corrected chi connectivity index (χ4v) is 2.66. The number of carboxylic acid groups (broad SMARTS) is 3. The first-order valence-corrected chi connectivity index (χ1v) is 10.2. The van der Waals surface area contributed by atoms with Crippen LogP contribution in [0.5, 0.6) is 0 Å². The van der Waals surface area contributed by atoms with Crippen LogP contribution in [-0.4, -0.2) is 86.3 Å². The molecule has 0 heterocycles. The molecule has 0 bridgehead atoms. The van der Waals surface area contributed by atoms with Crippen molar-refractivity contribution in [2.45, 2.75) is 76.7 Å². The van der Waals surface area contributed by atoms with Crippen LogP contribution in [-0.2, 0) is 28.8 Å². The monoisotopic (exact) mass is 476 g/mol. The van der Waals surface area contributed by atoms with Crippen LogP contribution in [0.25, 0.3) is 0 Å². The Morgan fingerprint density at radius 2 is 1.36 bits per heavy atom. The van der Waals surface area contributed by atoms with E-state index in [0.29, 0.717) is 6.42 Å².